The summed E-state index contributed by atoms with van der Waals surface area (Å²) in [5.74, 6) is -0.274. The second kappa shape index (κ2) is 6.96. The summed E-state index contributed by atoms with van der Waals surface area (Å²) in [5.41, 5.74) is 0.927. The van der Waals surface area contributed by atoms with E-state index < -0.39 is 0 Å². The molecule has 1 saturated carbocycles. The zero-order valence-electron chi connectivity index (χ0n) is 11.9. The van der Waals surface area contributed by atoms with Gasteiger partial charge in [0.05, 0.1) is 17.9 Å². The number of aromatic nitrogens is 1. The predicted molar refractivity (Wildman–Crippen MR) is 75.5 cm³/mol. The molecule has 1 N–H and O–H groups in total. The first-order chi connectivity index (χ1) is 9.24. The smallest absolute Gasteiger partial charge is 0.141 e. The van der Waals surface area contributed by atoms with Gasteiger partial charge in [-0.1, -0.05) is 6.92 Å². The van der Waals surface area contributed by atoms with E-state index in [0.717, 1.165) is 24.7 Å². The van der Waals surface area contributed by atoms with Crippen molar-refractivity contribution in [2.24, 2.45) is 0 Å². The molecule has 1 aromatic heterocycles. The third-order valence-electron chi connectivity index (χ3n) is 3.73. The highest BCUT2D eigenvalue weighted by molar-refractivity contribution is 5.09. The Kier molecular flexibility index (Phi) is 5.28. The fourth-order valence-electron chi connectivity index (χ4n) is 2.53. The Morgan fingerprint density at radius 2 is 2.21 bits per heavy atom. The summed E-state index contributed by atoms with van der Waals surface area (Å²) in [5, 5.41) is 3.28. The van der Waals surface area contributed by atoms with Crippen LogP contribution in [0.15, 0.2) is 18.3 Å². The van der Waals surface area contributed by atoms with Crippen LogP contribution in [-0.4, -0.2) is 36.1 Å². The topological polar surface area (TPSA) is 28.2 Å². The van der Waals surface area contributed by atoms with Gasteiger partial charge in [0.1, 0.15) is 5.82 Å². The number of hydrogen-bond donors (Lipinski definition) is 1. The molecule has 0 saturated heterocycles. The van der Waals surface area contributed by atoms with Gasteiger partial charge in [-0.3, -0.25) is 4.98 Å². The SMILES string of the molecule is CCCN(CCC(NC)c1ccc(F)cn1)C1CC1. The van der Waals surface area contributed by atoms with Crippen molar-refractivity contribution in [3.8, 4) is 0 Å². The first kappa shape index (κ1) is 14.4. The minimum atomic E-state index is -0.274. The summed E-state index contributed by atoms with van der Waals surface area (Å²) in [6.45, 7) is 4.49. The number of hydrogen-bond acceptors (Lipinski definition) is 3. The molecule has 1 fully saturated rings. The van der Waals surface area contributed by atoms with Crippen LogP contribution in [0.4, 0.5) is 4.39 Å². The van der Waals surface area contributed by atoms with E-state index in [0.29, 0.717) is 0 Å². The van der Waals surface area contributed by atoms with Crippen LogP contribution in [0.25, 0.3) is 0 Å². The lowest BCUT2D eigenvalue weighted by Gasteiger charge is -2.24. The molecule has 19 heavy (non-hydrogen) atoms. The molecule has 0 spiro atoms. The molecule has 1 aromatic rings. The standard InChI is InChI=1S/C15H24FN3/c1-3-9-19(13-5-6-13)10-8-14(17-2)15-7-4-12(16)11-18-15/h4,7,11,13-14,17H,3,5-6,8-10H2,1-2H3. The van der Waals surface area contributed by atoms with Gasteiger partial charge in [-0.05, 0) is 51.4 Å². The first-order valence-corrected chi connectivity index (χ1v) is 7.27. The van der Waals surface area contributed by atoms with E-state index in [1.54, 1.807) is 6.07 Å². The van der Waals surface area contributed by atoms with Gasteiger partial charge < -0.3 is 10.2 Å². The van der Waals surface area contributed by atoms with Crippen molar-refractivity contribution in [2.45, 2.75) is 44.7 Å². The molecule has 1 aliphatic rings. The van der Waals surface area contributed by atoms with Crippen molar-refractivity contribution in [3.63, 3.8) is 0 Å². The molecule has 1 unspecified atom stereocenters. The van der Waals surface area contributed by atoms with Crippen LogP contribution in [0.3, 0.4) is 0 Å². The average molecular weight is 265 g/mol. The molecule has 0 bridgehead atoms. The highest BCUT2D eigenvalue weighted by atomic mass is 19.1. The second-order valence-electron chi connectivity index (χ2n) is 5.30. The second-order valence-corrected chi connectivity index (χ2v) is 5.30. The van der Waals surface area contributed by atoms with Crippen LogP contribution in [0.2, 0.25) is 0 Å². The molecule has 2 rings (SSSR count). The predicted octanol–water partition coefficient (Wildman–Crippen LogP) is 2.75. The molecule has 0 radical (unpaired) electrons. The minimum Gasteiger partial charge on any atom is -0.312 e. The molecule has 3 nitrogen and oxygen atoms in total. The summed E-state index contributed by atoms with van der Waals surface area (Å²) in [6.07, 6.45) is 6.21. The normalized spacial score (nSPS) is 16.8. The Balaban J connectivity index is 1.89. The van der Waals surface area contributed by atoms with Crippen LogP contribution in [0.1, 0.15) is 44.3 Å². The van der Waals surface area contributed by atoms with Crippen molar-refractivity contribution >= 4 is 0 Å². The quantitative estimate of drug-likeness (QED) is 0.783. The largest absolute Gasteiger partial charge is 0.312 e. The fourth-order valence-corrected chi connectivity index (χ4v) is 2.53. The number of pyridine rings is 1. The monoisotopic (exact) mass is 265 g/mol. The summed E-state index contributed by atoms with van der Waals surface area (Å²) >= 11 is 0. The lowest BCUT2D eigenvalue weighted by molar-refractivity contribution is 0.248. The van der Waals surface area contributed by atoms with Gasteiger partial charge in [-0.15, -0.1) is 0 Å². The van der Waals surface area contributed by atoms with Crippen LogP contribution < -0.4 is 5.32 Å². The highest BCUT2D eigenvalue weighted by Gasteiger charge is 2.28. The Bertz CT molecular complexity index is 375. The summed E-state index contributed by atoms with van der Waals surface area (Å²) in [6, 6.07) is 4.27. The van der Waals surface area contributed by atoms with E-state index in [4.69, 9.17) is 0 Å². The van der Waals surface area contributed by atoms with E-state index >= 15 is 0 Å². The Morgan fingerprint density at radius 1 is 1.42 bits per heavy atom. The maximum Gasteiger partial charge on any atom is 0.141 e. The first-order valence-electron chi connectivity index (χ1n) is 7.27. The van der Waals surface area contributed by atoms with Crippen molar-refractivity contribution in [3.05, 3.63) is 29.8 Å². The molecule has 0 aliphatic heterocycles. The molecule has 0 amide bonds. The van der Waals surface area contributed by atoms with E-state index in [-0.39, 0.29) is 11.9 Å². The van der Waals surface area contributed by atoms with Gasteiger partial charge in [0, 0.05) is 12.6 Å². The van der Waals surface area contributed by atoms with Gasteiger partial charge in [0.15, 0.2) is 0 Å². The molecule has 1 atom stereocenters. The summed E-state index contributed by atoms with van der Waals surface area (Å²) in [4.78, 5) is 6.76. The van der Waals surface area contributed by atoms with Crippen LogP contribution in [0, 0.1) is 5.82 Å². The Hall–Kier alpha value is -1.00. The zero-order chi connectivity index (χ0) is 13.7. The molecule has 1 heterocycles. The van der Waals surface area contributed by atoms with Crippen molar-refractivity contribution < 1.29 is 4.39 Å². The molecule has 106 valence electrons. The Labute approximate surface area is 115 Å². The van der Waals surface area contributed by atoms with Crippen LogP contribution >= 0.6 is 0 Å². The summed E-state index contributed by atoms with van der Waals surface area (Å²) < 4.78 is 12.9. The maximum atomic E-state index is 12.9. The van der Waals surface area contributed by atoms with Crippen molar-refractivity contribution in [1.29, 1.82) is 0 Å². The number of rotatable bonds is 8. The number of halogens is 1. The van der Waals surface area contributed by atoms with E-state index in [2.05, 4.69) is 22.1 Å². The van der Waals surface area contributed by atoms with E-state index in [1.807, 2.05) is 7.05 Å². The summed E-state index contributed by atoms with van der Waals surface area (Å²) in [7, 11) is 1.94. The lowest BCUT2D eigenvalue weighted by atomic mass is 10.1. The van der Waals surface area contributed by atoms with Gasteiger partial charge in [0.25, 0.3) is 0 Å². The molecular weight excluding hydrogens is 241 g/mol. The fraction of sp³-hybridized carbons (Fsp3) is 0.667. The third-order valence-corrected chi connectivity index (χ3v) is 3.73. The van der Waals surface area contributed by atoms with Crippen LogP contribution in [0.5, 0.6) is 0 Å². The van der Waals surface area contributed by atoms with Gasteiger partial charge in [-0.2, -0.15) is 0 Å². The average Bonchev–Trinajstić information content (AvgIpc) is 3.24. The zero-order valence-corrected chi connectivity index (χ0v) is 11.9. The minimum absolute atomic E-state index is 0.207. The maximum absolute atomic E-state index is 12.9. The van der Waals surface area contributed by atoms with Crippen molar-refractivity contribution in [2.75, 3.05) is 20.1 Å². The number of nitrogens with zero attached hydrogens (tertiary/aromatic N) is 2. The molecular formula is C15H24FN3. The van der Waals surface area contributed by atoms with E-state index in [9.17, 15) is 4.39 Å². The Morgan fingerprint density at radius 3 is 2.74 bits per heavy atom. The lowest BCUT2D eigenvalue weighted by Crippen LogP contribution is -2.31. The number of nitrogens with one attached hydrogen (secondary N) is 1. The molecule has 0 aromatic carbocycles. The van der Waals surface area contributed by atoms with Gasteiger partial charge >= 0.3 is 0 Å². The van der Waals surface area contributed by atoms with Crippen LogP contribution in [-0.2, 0) is 0 Å². The van der Waals surface area contributed by atoms with E-state index in [1.165, 1.54) is 38.1 Å². The van der Waals surface area contributed by atoms with Crippen molar-refractivity contribution in [1.82, 2.24) is 15.2 Å². The third kappa shape index (κ3) is 4.25. The van der Waals surface area contributed by atoms with Gasteiger partial charge in [-0.25, -0.2) is 4.39 Å². The molecule has 1 aliphatic carbocycles. The highest BCUT2D eigenvalue weighted by Crippen LogP contribution is 2.28. The molecule has 4 heteroatoms. The van der Waals surface area contributed by atoms with Gasteiger partial charge in [0.2, 0.25) is 0 Å².